The Morgan fingerprint density at radius 1 is 0.262 bits per heavy atom. The lowest BCUT2D eigenvalue weighted by Gasteiger charge is -2.18. The van der Waals surface area contributed by atoms with E-state index in [9.17, 15) is 14.4 Å². The fraction of sp³-hybridized carbons (Fsp3) is 0.949. The molecule has 1 atom stereocenters. The largest absolute Gasteiger partial charge is 0.462 e. The van der Waals surface area contributed by atoms with Gasteiger partial charge in [0.25, 0.3) is 0 Å². The van der Waals surface area contributed by atoms with Crippen LogP contribution in [0.1, 0.15) is 324 Å². The summed E-state index contributed by atoms with van der Waals surface area (Å²) in [7, 11) is 0. The first-order valence-electron chi connectivity index (χ1n) is 29.1. The van der Waals surface area contributed by atoms with E-state index in [1.54, 1.807) is 0 Å². The first-order chi connectivity index (χ1) is 31.6. The van der Waals surface area contributed by atoms with Crippen molar-refractivity contribution in [3.8, 4) is 0 Å². The topological polar surface area (TPSA) is 78.9 Å². The van der Waals surface area contributed by atoms with Gasteiger partial charge in [0.1, 0.15) is 13.2 Å². The summed E-state index contributed by atoms with van der Waals surface area (Å²) in [6.07, 6.45) is 52.4. The molecule has 0 N–H and O–H groups in total. The Morgan fingerprint density at radius 2 is 0.446 bits per heavy atom. The monoisotopic (exact) mass is 919 g/mol. The molecule has 0 saturated heterocycles. The summed E-state index contributed by atoms with van der Waals surface area (Å²) in [5.74, 6) is 1.66. The molecule has 0 radical (unpaired) electrons. The summed E-state index contributed by atoms with van der Waals surface area (Å²) in [5, 5.41) is 0. The minimum atomic E-state index is -0.764. The highest BCUT2D eigenvalue weighted by atomic mass is 16.6. The van der Waals surface area contributed by atoms with Gasteiger partial charge in [-0.25, -0.2) is 0 Å². The zero-order valence-electron chi connectivity index (χ0n) is 44.8. The van der Waals surface area contributed by atoms with Gasteiger partial charge in [-0.1, -0.05) is 286 Å². The summed E-state index contributed by atoms with van der Waals surface area (Å²) in [6, 6.07) is 0. The molecule has 0 rings (SSSR count). The molecule has 0 heterocycles. The van der Waals surface area contributed by atoms with Gasteiger partial charge in [-0.3, -0.25) is 14.4 Å². The Hall–Kier alpha value is -1.59. The number of hydrogen-bond donors (Lipinski definition) is 0. The van der Waals surface area contributed by atoms with Crippen molar-refractivity contribution in [2.24, 2.45) is 17.8 Å². The standard InChI is InChI=1S/C59H114O6/c1-53(2)45-39-33-27-21-16-12-9-7-8-10-14-18-24-30-36-42-48-57(60)63-51-56(52-64-58(61)49-43-37-31-26-20-23-29-35-41-47-55(5)6)65-59(62)50-44-38-32-25-19-15-11-13-17-22-28-34-40-46-54(3)4/h53-56H,7-52H2,1-6H3/t56-/m0/s1. The molecule has 0 spiro atoms. The van der Waals surface area contributed by atoms with E-state index >= 15 is 0 Å². The molecule has 0 aliphatic rings. The lowest BCUT2D eigenvalue weighted by atomic mass is 10.0. The predicted octanol–water partition coefficient (Wildman–Crippen LogP) is 19.1. The average Bonchev–Trinajstić information content (AvgIpc) is 3.26. The fourth-order valence-electron chi connectivity index (χ4n) is 9.00. The number of unbranched alkanes of at least 4 members (excludes halogenated alkanes) is 35. The van der Waals surface area contributed by atoms with E-state index in [2.05, 4.69) is 41.5 Å². The second kappa shape index (κ2) is 50.3. The summed E-state index contributed by atoms with van der Waals surface area (Å²) < 4.78 is 16.9. The van der Waals surface area contributed by atoms with E-state index in [4.69, 9.17) is 14.2 Å². The molecule has 386 valence electrons. The second-order valence-electron chi connectivity index (χ2n) is 21.7. The van der Waals surface area contributed by atoms with E-state index in [-0.39, 0.29) is 31.1 Å². The molecule has 0 fully saturated rings. The Labute approximate surface area is 406 Å². The van der Waals surface area contributed by atoms with Crippen LogP contribution >= 0.6 is 0 Å². The molecule has 0 aromatic carbocycles. The van der Waals surface area contributed by atoms with Crippen molar-refractivity contribution in [1.29, 1.82) is 0 Å². The van der Waals surface area contributed by atoms with Crippen molar-refractivity contribution in [3.05, 3.63) is 0 Å². The molecule has 0 aromatic heterocycles. The Morgan fingerprint density at radius 3 is 0.662 bits per heavy atom. The minimum absolute atomic E-state index is 0.0636. The normalized spacial score (nSPS) is 12.1. The zero-order valence-corrected chi connectivity index (χ0v) is 44.8. The van der Waals surface area contributed by atoms with E-state index in [0.717, 1.165) is 75.5 Å². The number of rotatable bonds is 52. The van der Waals surface area contributed by atoms with E-state index in [0.29, 0.717) is 19.3 Å². The predicted molar refractivity (Wildman–Crippen MR) is 279 cm³/mol. The first-order valence-corrected chi connectivity index (χ1v) is 29.1. The SMILES string of the molecule is CC(C)CCCCCCCCCCCCCCCCCCC(=O)OC[C@@H](COC(=O)CCCCCCCCCCCC(C)C)OC(=O)CCCCCCCCCCCCCCCC(C)C. The van der Waals surface area contributed by atoms with Gasteiger partial charge in [0.15, 0.2) is 6.10 Å². The van der Waals surface area contributed by atoms with Crippen LogP contribution in [0.4, 0.5) is 0 Å². The van der Waals surface area contributed by atoms with Crippen LogP contribution in [0.5, 0.6) is 0 Å². The molecule has 0 bridgehead atoms. The fourth-order valence-corrected chi connectivity index (χ4v) is 9.00. The van der Waals surface area contributed by atoms with Crippen molar-refractivity contribution in [1.82, 2.24) is 0 Å². The van der Waals surface area contributed by atoms with Crippen LogP contribution in [0, 0.1) is 17.8 Å². The number of ether oxygens (including phenoxy) is 3. The minimum Gasteiger partial charge on any atom is -0.462 e. The lowest BCUT2D eigenvalue weighted by Crippen LogP contribution is -2.30. The number of hydrogen-bond acceptors (Lipinski definition) is 6. The van der Waals surface area contributed by atoms with Gasteiger partial charge in [0.05, 0.1) is 0 Å². The van der Waals surface area contributed by atoms with E-state index in [1.807, 2.05) is 0 Å². The van der Waals surface area contributed by atoms with Gasteiger partial charge in [-0.2, -0.15) is 0 Å². The summed E-state index contributed by atoms with van der Waals surface area (Å²) >= 11 is 0. The van der Waals surface area contributed by atoms with Crippen LogP contribution in [0.25, 0.3) is 0 Å². The molecular formula is C59H114O6. The molecule has 0 aliphatic heterocycles. The summed E-state index contributed by atoms with van der Waals surface area (Å²) in [5.41, 5.74) is 0. The average molecular weight is 920 g/mol. The van der Waals surface area contributed by atoms with Crippen LogP contribution in [0.15, 0.2) is 0 Å². The van der Waals surface area contributed by atoms with Crippen LogP contribution in [0.3, 0.4) is 0 Å². The van der Waals surface area contributed by atoms with Gasteiger partial charge in [-0.05, 0) is 37.0 Å². The highest BCUT2D eigenvalue weighted by molar-refractivity contribution is 5.71. The second-order valence-corrected chi connectivity index (χ2v) is 21.7. The van der Waals surface area contributed by atoms with Crippen LogP contribution < -0.4 is 0 Å². The zero-order chi connectivity index (χ0) is 47.7. The smallest absolute Gasteiger partial charge is 0.306 e. The number of esters is 3. The van der Waals surface area contributed by atoms with Gasteiger partial charge < -0.3 is 14.2 Å². The number of carbonyl (C=O) groups excluding carboxylic acids is 3. The van der Waals surface area contributed by atoms with Crippen LogP contribution in [0.2, 0.25) is 0 Å². The molecular weight excluding hydrogens is 805 g/mol. The molecule has 6 nitrogen and oxygen atoms in total. The molecule has 0 amide bonds. The van der Waals surface area contributed by atoms with Crippen LogP contribution in [-0.4, -0.2) is 37.2 Å². The first kappa shape index (κ1) is 63.4. The Balaban J connectivity index is 4.27. The van der Waals surface area contributed by atoms with Gasteiger partial charge in [0.2, 0.25) is 0 Å². The maximum atomic E-state index is 12.8. The summed E-state index contributed by atoms with van der Waals surface area (Å²) in [4.78, 5) is 38.1. The quantitative estimate of drug-likeness (QED) is 0.0344. The van der Waals surface area contributed by atoms with Crippen LogP contribution in [-0.2, 0) is 28.6 Å². The van der Waals surface area contributed by atoms with E-state index < -0.39 is 6.10 Å². The highest BCUT2D eigenvalue weighted by Crippen LogP contribution is 2.18. The molecule has 0 aliphatic carbocycles. The third-order valence-electron chi connectivity index (χ3n) is 13.4. The highest BCUT2D eigenvalue weighted by Gasteiger charge is 2.19. The maximum Gasteiger partial charge on any atom is 0.306 e. The summed E-state index contributed by atoms with van der Waals surface area (Å²) in [6.45, 7) is 13.8. The Kier molecular flexibility index (Phi) is 49.1. The van der Waals surface area contributed by atoms with Crippen molar-refractivity contribution in [3.63, 3.8) is 0 Å². The molecule has 0 saturated carbocycles. The van der Waals surface area contributed by atoms with Gasteiger partial charge >= 0.3 is 17.9 Å². The molecule has 6 heteroatoms. The Bertz CT molecular complexity index is 1010. The van der Waals surface area contributed by atoms with Crippen molar-refractivity contribution in [2.45, 2.75) is 330 Å². The molecule has 0 unspecified atom stereocenters. The van der Waals surface area contributed by atoms with Crippen molar-refractivity contribution in [2.75, 3.05) is 13.2 Å². The van der Waals surface area contributed by atoms with Gasteiger partial charge in [0, 0.05) is 19.3 Å². The van der Waals surface area contributed by atoms with Gasteiger partial charge in [-0.15, -0.1) is 0 Å². The third-order valence-corrected chi connectivity index (χ3v) is 13.4. The molecule has 0 aromatic rings. The van der Waals surface area contributed by atoms with E-state index in [1.165, 1.54) is 205 Å². The van der Waals surface area contributed by atoms with Crippen molar-refractivity contribution < 1.29 is 28.6 Å². The molecule has 65 heavy (non-hydrogen) atoms. The van der Waals surface area contributed by atoms with Crippen molar-refractivity contribution >= 4 is 17.9 Å². The number of carbonyl (C=O) groups is 3. The third kappa shape index (κ3) is 53.2. The lowest BCUT2D eigenvalue weighted by molar-refractivity contribution is -0.167. The maximum absolute atomic E-state index is 12.8.